The average Bonchev–Trinajstić information content (AvgIpc) is 2.45. The van der Waals surface area contributed by atoms with Crippen molar-refractivity contribution in [1.29, 1.82) is 0 Å². The van der Waals surface area contributed by atoms with Crippen molar-refractivity contribution in [1.82, 2.24) is 10.6 Å². The number of hydrogen-bond acceptors (Lipinski definition) is 3. The highest BCUT2D eigenvalue weighted by Crippen LogP contribution is 2.05. The number of amides is 2. The first-order chi connectivity index (χ1) is 9.65. The molecule has 0 aliphatic heterocycles. The second-order valence-electron chi connectivity index (χ2n) is 4.08. The van der Waals surface area contributed by atoms with Crippen LogP contribution in [0.3, 0.4) is 0 Å². The van der Waals surface area contributed by atoms with E-state index in [-0.39, 0.29) is 6.54 Å². The fourth-order valence-electron chi connectivity index (χ4n) is 1.50. The van der Waals surface area contributed by atoms with Crippen molar-refractivity contribution in [3.63, 3.8) is 0 Å². The molecular formula is C14H19FN2O3. The van der Waals surface area contributed by atoms with Crippen LogP contribution in [0.15, 0.2) is 24.3 Å². The zero-order valence-electron chi connectivity index (χ0n) is 11.4. The van der Waals surface area contributed by atoms with Crippen LogP contribution < -0.4 is 10.6 Å². The quantitative estimate of drug-likeness (QED) is 0.579. The molecule has 1 aromatic carbocycles. The Labute approximate surface area is 117 Å². The molecule has 0 saturated carbocycles. The largest absolute Gasteiger partial charge is 0.382 e. The molecule has 0 fully saturated rings. The minimum Gasteiger partial charge on any atom is -0.382 e. The molecule has 110 valence electrons. The van der Waals surface area contributed by atoms with Gasteiger partial charge in [-0.15, -0.1) is 0 Å². The number of halogens is 1. The lowest BCUT2D eigenvalue weighted by Gasteiger charge is -2.07. The van der Waals surface area contributed by atoms with Crippen LogP contribution in [-0.2, 0) is 20.9 Å². The van der Waals surface area contributed by atoms with E-state index < -0.39 is 17.6 Å². The molecule has 20 heavy (non-hydrogen) atoms. The van der Waals surface area contributed by atoms with Crippen molar-refractivity contribution < 1.29 is 18.7 Å². The average molecular weight is 282 g/mol. The highest BCUT2D eigenvalue weighted by atomic mass is 19.1. The summed E-state index contributed by atoms with van der Waals surface area (Å²) in [6.07, 6.45) is 0.639. The maximum absolute atomic E-state index is 13.3. The molecule has 5 nitrogen and oxygen atoms in total. The van der Waals surface area contributed by atoms with Crippen LogP contribution in [0, 0.1) is 5.82 Å². The van der Waals surface area contributed by atoms with Gasteiger partial charge in [0.05, 0.1) is 0 Å². The number of benzene rings is 1. The van der Waals surface area contributed by atoms with E-state index in [1.54, 1.807) is 18.2 Å². The molecule has 0 heterocycles. The molecule has 0 saturated heterocycles. The monoisotopic (exact) mass is 282 g/mol. The van der Waals surface area contributed by atoms with Gasteiger partial charge in [0.25, 0.3) is 0 Å². The van der Waals surface area contributed by atoms with Gasteiger partial charge in [0.15, 0.2) is 0 Å². The summed E-state index contributed by atoms with van der Waals surface area (Å²) in [7, 11) is 0. The summed E-state index contributed by atoms with van der Waals surface area (Å²) in [5.74, 6) is -1.91. The molecule has 2 amide bonds. The fraction of sp³-hybridized carbons (Fsp3) is 0.429. The molecule has 0 unspecified atom stereocenters. The van der Waals surface area contributed by atoms with Gasteiger partial charge in [-0.2, -0.15) is 0 Å². The lowest BCUT2D eigenvalue weighted by molar-refractivity contribution is -0.139. The molecule has 2 N–H and O–H groups in total. The second kappa shape index (κ2) is 9.03. The number of carbonyl (C=O) groups is 2. The summed E-state index contributed by atoms with van der Waals surface area (Å²) in [5, 5.41) is 4.84. The lowest BCUT2D eigenvalue weighted by Crippen LogP contribution is -2.40. The Balaban J connectivity index is 2.25. The van der Waals surface area contributed by atoms with Gasteiger partial charge in [0, 0.05) is 31.9 Å². The van der Waals surface area contributed by atoms with Gasteiger partial charge in [-0.25, -0.2) is 4.39 Å². The Bertz CT molecular complexity index is 452. The number of hydrogen-bond donors (Lipinski definition) is 2. The third kappa shape index (κ3) is 5.79. The van der Waals surface area contributed by atoms with Crippen LogP contribution in [0.5, 0.6) is 0 Å². The summed E-state index contributed by atoms with van der Waals surface area (Å²) < 4.78 is 18.4. The molecular weight excluding hydrogens is 263 g/mol. The van der Waals surface area contributed by atoms with Crippen LogP contribution >= 0.6 is 0 Å². The maximum atomic E-state index is 13.3. The lowest BCUT2D eigenvalue weighted by atomic mass is 10.2. The maximum Gasteiger partial charge on any atom is 0.309 e. The Morgan fingerprint density at radius 1 is 1.20 bits per heavy atom. The molecule has 0 aromatic heterocycles. The van der Waals surface area contributed by atoms with E-state index in [1.807, 2.05) is 6.92 Å². The normalized spacial score (nSPS) is 10.1. The molecule has 0 aliphatic rings. The summed E-state index contributed by atoms with van der Waals surface area (Å²) in [4.78, 5) is 22.9. The molecule has 6 heteroatoms. The molecule has 0 atom stereocenters. The van der Waals surface area contributed by atoms with E-state index in [0.29, 0.717) is 31.7 Å². The van der Waals surface area contributed by atoms with E-state index in [4.69, 9.17) is 4.74 Å². The number of rotatable bonds is 7. The van der Waals surface area contributed by atoms with E-state index in [9.17, 15) is 14.0 Å². The van der Waals surface area contributed by atoms with Crippen LogP contribution in [0.4, 0.5) is 4.39 Å². The first kappa shape index (κ1) is 16.1. The SMILES string of the molecule is CCOCCCNC(=O)C(=O)NCc1ccccc1F. The minimum atomic E-state index is -0.773. The van der Waals surface area contributed by atoms with Gasteiger partial charge in [-0.1, -0.05) is 18.2 Å². The smallest absolute Gasteiger partial charge is 0.309 e. The van der Waals surface area contributed by atoms with Crippen molar-refractivity contribution in [3.05, 3.63) is 35.6 Å². The Morgan fingerprint density at radius 3 is 2.60 bits per heavy atom. The second-order valence-corrected chi connectivity index (χ2v) is 4.08. The Hall–Kier alpha value is -1.95. The highest BCUT2D eigenvalue weighted by molar-refractivity contribution is 6.35. The standard InChI is InChI=1S/C14H19FN2O3/c1-2-20-9-5-8-16-13(18)14(19)17-10-11-6-3-4-7-12(11)15/h3-4,6-7H,2,5,8-10H2,1H3,(H,16,18)(H,17,19). The van der Waals surface area contributed by atoms with E-state index in [0.717, 1.165) is 0 Å². The molecule has 0 radical (unpaired) electrons. The zero-order valence-corrected chi connectivity index (χ0v) is 11.4. The minimum absolute atomic E-state index is 0.0160. The number of carbonyl (C=O) groups excluding carboxylic acids is 2. The highest BCUT2D eigenvalue weighted by Gasteiger charge is 2.12. The molecule has 0 spiro atoms. The van der Waals surface area contributed by atoms with E-state index >= 15 is 0 Å². The van der Waals surface area contributed by atoms with Crippen LogP contribution in [0.25, 0.3) is 0 Å². The molecule has 0 aliphatic carbocycles. The fourth-order valence-corrected chi connectivity index (χ4v) is 1.50. The first-order valence-corrected chi connectivity index (χ1v) is 6.52. The van der Waals surface area contributed by atoms with Crippen molar-refractivity contribution in [2.24, 2.45) is 0 Å². The van der Waals surface area contributed by atoms with Crippen LogP contribution in [0.1, 0.15) is 18.9 Å². The number of nitrogens with one attached hydrogen (secondary N) is 2. The molecule has 0 bridgehead atoms. The molecule has 1 aromatic rings. The Morgan fingerprint density at radius 2 is 1.90 bits per heavy atom. The van der Waals surface area contributed by atoms with Crippen molar-refractivity contribution in [2.45, 2.75) is 19.9 Å². The van der Waals surface area contributed by atoms with Gasteiger partial charge >= 0.3 is 11.8 Å². The summed E-state index contributed by atoms with van der Waals surface area (Å²) in [5.41, 5.74) is 0.338. The third-order valence-corrected chi connectivity index (χ3v) is 2.56. The van der Waals surface area contributed by atoms with Crippen LogP contribution in [0.2, 0.25) is 0 Å². The zero-order chi connectivity index (χ0) is 14.8. The predicted molar refractivity (Wildman–Crippen MR) is 72.4 cm³/mol. The van der Waals surface area contributed by atoms with Gasteiger partial charge < -0.3 is 15.4 Å². The van der Waals surface area contributed by atoms with Gasteiger partial charge in [-0.3, -0.25) is 9.59 Å². The third-order valence-electron chi connectivity index (χ3n) is 2.56. The van der Waals surface area contributed by atoms with Crippen molar-refractivity contribution in [3.8, 4) is 0 Å². The van der Waals surface area contributed by atoms with Crippen LogP contribution in [-0.4, -0.2) is 31.6 Å². The van der Waals surface area contributed by atoms with Crippen molar-refractivity contribution in [2.75, 3.05) is 19.8 Å². The van der Waals surface area contributed by atoms with Gasteiger partial charge in [0.2, 0.25) is 0 Å². The number of ether oxygens (including phenoxy) is 1. The predicted octanol–water partition coefficient (Wildman–Crippen LogP) is 0.985. The van der Waals surface area contributed by atoms with E-state index in [2.05, 4.69) is 10.6 Å². The summed E-state index contributed by atoms with van der Waals surface area (Å²) in [6, 6.07) is 6.08. The van der Waals surface area contributed by atoms with Gasteiger partial charge in [0.1, 0.15) is 5.82 Å². The first-order valence-electron chi connectivity index (χ1n) is 6.52. The van der Waals surface area contributed by atoms with Gasteiger partial charge in [-0.05, 0) is 19.4 Å². The Kier molecular flexibility index (Phi) is 7.27. The summed E-state index contributed by atoms with van der Waals surface area (Å²) >= 11 is 0. The van der Waals surface area contributed by atoms with E-state index in [1.165, 1.54) is 6.07 Å². The van der Waals surface area contributed by atoms with Crippen molar-refractivity contribution >= 4 is 11.8 Å². The topological polar surface area (TPSA) is 67.4 Å². The molecule has 1 rings (SSSR count). The summed E-state index contributed by atoms with van der Waals surface area (Å²) in [6.45, 7) is 3.39.